The number of hydrogen-bond donors (Lipinski definition) is 1. The Morgan fingerprint density at radius 1 is 1.07 bits per heavy atom. The van der Waals surface area contributed by atoms with Crippen molar-refractivity contribution in [1.29, 1.82) is 0 Å². The number of benzene rings is 2. The van der Waals surface area contributed by atoms with Crippen molar-refractivity contribution in [2.75, 3.05) is 0 Å². The average Bonchev–Trinajstić information content (AvgIpc) is 2.96. The van der Waals surface area contributed by atoms with E-state index in [2.05, 4.69) is 5.32 Å². The number of rotatable bonds is 4. The largest absolute Gasteiger partial charge is 0.422 e. The topological polar surface area (TPSA) is 79.6 Å². The van der Waals surface area contributed by atoms with Crippen molar-refractivity contribution < 1.29 is 14.0 Å². The average molecular weight is 425 g/mol. The van der Waals surface area contributed by atoms with E-state index in [1.165, 1.54) is 6.07 Å². The molecule has 0 radical (unpaired) electrons. The third kappa shape index (κ3) is 3.08. The standard InChI is InChI=1S/C23H21ClN2O4/c1-4-23(16-6-8-17(24)9-7-16)21(28)26(22(29)25-23)12-15-11-19(27)30-20-14(3)13(2)5-10-18(15)20/h5-11H,4,12H2,1-3H3,(H,25,29). The maximum atomic E-state index is 13.4. The lowest BCUT2D eigenvalue weighted by molar-refractivity contribution is -0.132. The van der Waals surface area contributed by atoms with E-state index in [4.69, 9.17) is 16.0 Å². The highest BCUT2D eigenvalue weighted by Gasteiger charge is 2.51. The highest BCUT2D eigenvalue weighted by molar-refractivity contribution is 6.30. The molecule has 2 aromatic carbocycles. The second kappa shape index (κ2) is 7.29. The summed E-state index contributed by atoms with van der Waals surface area (Å²) in [5.74, 6) is -0.359. The van der Waals surface area contributed by atoms with Crippen molar-refractivity contribution in [3.8, 4) is 0 Å². The number of carbonyl (C=O) groups is 2. The number of nitrogens with one attached hydrogen (secondary N) is 1. The van der Waals surface area contributed by atoms with Gasteiger partial charge in [-0.25, -0.2) is 9.59 Å². The van der Waals surface area contributed by atoms with Gasteiger partial charge in [0.15, 0.2) is 0 Å². The quantitative estimate of drug-likeness (QED) is 0.496. The number of carbonyl (C=O) groups excluding carboxylic acids is 2. The first kappa shape index (κ1) is 20.2. The fourth-order valence-electron chi connectivity index (χ4n) is 3.97. The van der Waals surface area contributed by atoms with Crippen LogP contribution in [0.3, 0.4) is 0 Å². The smallest absolute Gasteiger partial charge is 0.336 e. The third-order valence-electron chi connectivity index (χ3n) is 5.89. The van der Waals surface area contributed by atoms with Gasteiger partial charge in [-0.1, -0.05) is 42.8 Å². The van der Waals surface area contributed by atoms with Crippen LogP contribution in [0.15, 0.2) is 51.7 Å². The van der Waals surface area contributed by atoms with Gasteiger partial charge in [-0.15, -0.1) is 0 Å². The zero-order valence-electron chi connectivity index (χ0n) is 16.9. The number of fused-ring (bicyclic) bond motifs is 1. The molecule has 1 N–H and O–H groups in total. The van der Waals surface area contributed by atoms with Gasteiger partial charge in [-0.2, -0.15) is 0 Å². The minimum absolute atomic E-state index is 0.0232. The summed E-state index contributed by atoms with van der Waals surface area (Å²) < 4.78 is 5.40. The molecule has 1 aromatic heterocycles. The van der Waals surface area contributed by atoms with Crippen LogP contribution >= 0.6 is 11.6 Å². The van der Waals surface area contributed by atoms with Gasteiger partial charge in [0.2, 0.25) is 0 Å². The van der Waals surface area contributed by atoms with E-state index in [-0.39, 0.29) is 12.5 Å². The first-order chi connectivity index (χ1) is 14.3. The predicted octanol–water partition coefficient (Wildman–Crippen LogP) is 4.42. The number of urea groups is 1. The van der Waals surface area contributed by atoms with Crippen LogP contribution in [-0.4, -0.2) is 16.8 Å². The van der Waals surface area contributed by atoms with Gasteiger partial charge in [-0.05, 0) is 54.7 Å². The van der Waals surface area contributed by atoms with E-state index in [1.54, 1.807) is 24.3 Å². The molecule has 30 heavy (non-hydrogen) atoms. The Hall–Kier alpha value is -3.12. The molecule has 1 aliphatic rings. The number of imide groups is 1. The molecule has 3 aromatic rings. The van der Waals surface area contributed by atoms with Crippen LogP contribution in [-0.2, 0) is 16.9 Å². The lowest BCUT2D eigenvalue weighted by atomic mass is 9.87. The summed E-state index contributed by atoms with van der Waals surface area (Å²) in [6.07, 6.45) is 0.381. The van der Waals surface area contributed by atoms with Crippen LogP contribution in [0.4, 0.5) is 4.79 Å². The van der Waals surface area contributed by atoms with Crippen LogP contribution in [0, 0.1) is 13.8 Å². The number of halogens is 1. The molecular weight excluding hydrogens is 404 g/mol. The van der Waals surface area contributed by atoms with Gasteiger partial charge in [-0.3, -0.25) is 9.69 Å². The number of nitrogens with zero attached hydrogens (tertiary/aromatic N) is 1. The van der Waals surface area contributed by atoms with E-state index in [0.717, 1.165) is 16.0 Å². The SMILES string of the molecule is CCC1(c2ccc(Cl)cc2)NC(=O)N(Cc2cc(=O)oc3c(C)c(C)ccc23)C1=O. The minimum atomic E-state index is -1.16. The maximum Gasteiger partial charge on any atom is 0.336 e. The molecule has 1 fully saturated rings. The van der Waals surface area contributed by atoms with Crippen molar-refractivity contribution in [3.63, 3.8) is 0 Å². The summed E-state index contributed by atoms with van der Waals surface area (Å²) in [6.45, 7) is 5.63. The van der Waals surface area contributed by atoms with Gasteiger partial charge >= 0.3 is 11.7 Å². The van der Waals surface area contributed by atoms with E-state index < -0.39 is 17.2 Å². The normalized spacial score (nSPS) is 18.9. The molecule has 0 aliphatic carbocycles. The highest BCUT2D eigenvalue weighted by Crippen LogP contribution is 2.34. The van der Waals surface area contributed by atoms with E-state index in [1.807, 2.05) is 32.9 Å². The van der Waals surface area contributed by atoms with Crippen LogP contribution in [0.25, 0.3) is 11.0 Å². The number of aryl methyl sites for hydroxylation is 2. The van der Waals surface area contributed by atoms with Gasteiger partial charge in [0.1, 0.15) is 11.1 Å². The second-order valence-electron chi connectivity index (χ2n) is 7.56. The molecule has 1 aliphatic heterocycles. The van der Waals surface area contributed by atoms with E-state index >= 15 is 0 Å². The summed E-state index contributed by atoms with van der Waals surface area (Å²) in [7, 11) is 0. The van der Waals surface area contributed by atoms with Crippen molar-refractivity contribution in [2.45, 2.75) is 39.3 Å². The molecule has 6 nitrogen and oxygen atoms in total. The minimum Gasteiger partial charge on any atom is -0.422 e. The first-order valence-corrected chi connectivity index (χ1v) is 10.1. The summed E-state index contributed by atoms with van der Waals surface area (Å²) in [5.41, 5.74) is 1.87. The summed E-state index contributed by atoms with van der Waals surface area (Å²) in [6, 6.07) is 11.5. The molecule has 7 heteroatoms. The Balaban J connectivity index is 1.77. The number of amides is 3. The summed E-state index contributed by atoms with van der Waals surface area (Å²) in [4.78, 5) is 39.5. The van der Waals surface area contributed by atoms with E-state index in [9.17, 15) is 14.4 Å². The predicted molar refractivity (Wildman–Crippen MR) is 114 cm³/mol. The first-order valence-electron chi connectivity index (χ1n) is 9.70. The summed E-state index contributed by atoms with van der Waals surface area (Å²) in [5, 5.41) is 4.10. The van der Waals surface area contributed by atoms with E-state index in [0.29, 0.717) is 33.5 Å². The molecule has 3 amide bonds. The zero-order chi connectivity index (χ0) is 21.6. The molecule has 0 spiro atoms. The number of hydrogen-bond acceptors (Lipinski definition) is 4. The van der Waals surface area contributed by atoms with Crippen LogP contribution in [0.2, 0.25) is 5.02 Å². The Morgan fingerprint density at radius 3 is 2.43 bits per heavy atom. The van der Waals surface area contributed by atoms with Gasteiger partial charge < -0.3 is 9.73 Å². The Kier molecular flexibility index (Phi) is 4.90. The lowest BCUT2D eigenvalue weighted by Gasteiger charge is -2.26. The van der Waals surface area contributed by atoms with Crippen LogP contribution in [0.5, 0.6) is 0 Å². The second-order valence-corrected chi connectivity index (χ2v) is 8.00. The van der Waals surface area contributed by atoms with Crippen LogP contribution in [0.1, 0.15) is 35.6 Å². The Bertz CT molecular complexity index is 1230. The van der Waals surface area contributed by atoms with Crippen molar-refractivity contribution in [2.24, 2.45) is 0 Å². The van der Waals surface area contributed by atoms with Gasteiger partial charge in [0.05, 0.1) is 6.54 Å². The monoisotopic (exact) mass is 424 g/mol. The van der Waals surface area contributed by atoms with Crippen molar-refractivity contribution in [1.82, 2.24) is 10.2 Å². The molecule has 2 heterocycles. The molecule has 1 atom stereocenters. The Labute approximate surface area is 178 Å². The fraction of sp³-hybridized carbons (Fsp3) is 0.261. The molecule has 1 unspecified atom stereocenters. The molecule has 4 rings (SSSR count). The highest BCUT2D eigenvalue weighted by atomic mass is 35.5. The van der Waals surface area contributed by atoms with Gasteiger partial charge in [0, 0.05) is 16.5 Å². The van der Waals surface area contributed by atoms with Crippen LogP contribution < -0.4 is 10.9 Å². The molecular formula is C23H21ClN2O4. The molecule has 154 valence electrons. The summed E-state index contributed by atoms with van der Waals surface area (Å²) >= 11 is 5.98. The van der Waals surface area contributed by atoms with Crippen molar-refractivity contribution >= 4 is 34.5 Å². The zero-order valence-corrected chi connectivity index (χ0v) is 17.7. The van der Waals surface area contributed by atoms with Gasteiger partial charge in [0.25, 0.3) is 5.91 Å². The molecule has 1 saturated heterocycles. The third-order valence-corrected chi connectivity index (χ3v) is 6.14. The van der Waals surface area contributed by atoms with Crippen molar-refractivity contribution in [3.05, 3.63) is 80.2 Å². The maximum absolute atomic E-state index is 13.4. The fourth-order valence-corrected chi connectivity index (χ4v) is 4.10. The molecule has 0 bridgehead atoms. The lowest BCUT2D eigenvalue weighted by Crippen LogP contribution is -2.43. The molecule has 0 saturated carbocycles. The Morgan fingerprint density at radius 2 is 1.77 bits per heavy atom.